The van der Waals surface area contributed by atoms with Gasteiger partial charge in [0.2, 0.25) is 5.91 Å². The van der Waals surface area contributed by atoms with Gasteiger partial charge in [-0.15, -0.1) is 11.3 Å². The summed E-state index contributed by atoms with van der Waals surface area (Å²) < 4.78 is 1.06. The van der Waals surface area contributed by atoms with Crippen LogP contribution in [0.3, 0.4) is 0 Å². The summed E-state index contributed by atoms with van der Waals surface area (Å²) in [6.07, 6.45) is 0.271. The minimum Gasteiger partial charge on any atom is -0.398 e. The Kier molecular flexibility index (Phi) is 3.35. The van der Waals surface area contributed by atoms with Crippen LogP contribution in [-0.4, -0.2) is 10.9 Å². The average Bonchev–Trinajstić information content (AvgIpc) is 2.89. The highest BCUT2D eigenvalue weighted by molar-refractivity contribution is 7.16. The van der Waals surface area contributed by atoms with Crippen molar-refractivity contribution < 1.29 is 4.79 Å². The van der Waals surface area contributed by atoms with E-state index in [-0.39, 0.29) is 12.3 Å². The summed E-state index contributed by atoms with van der Waals surface area (Å²) in [5.74, 6) is -0.0771. The van der Waals surface area contributed by atoms with E-state index in [0.29, 0.717) is 5.69 Å². The third-order valence-electron chi connectivity index (χ3n) is 3.02. The lowest BCUT2D eigenvalue weighted by molar-refractivity contribution is -0.115. The third kappa shape index (κ3) is 2.62. The van der Waals surface area contributed by atoms with Gasteiger partial charge in [-0.25, -0.2) is 4.98 Å². The van der Waals surface area contributed by atoms with Crippen molar-refractivity contribution in [2.24, 2.45) is 0 Å². The summed E-state index contributed by atoms with van der Waals surface area (Å²) >= 11 is 1.55. The molecule has 0 aliphatic rings. The zero-order valence-corrected chi connectivity index (χ0v) is 11.5. The number of carbonyl (C=O) groups is 1. The summed E-state index contributed by atoms with van der Waals surface area (Å²) in [6.45, 7) is 0. The molecule has 3 aromatic rings. The van der Waals surface area contributed by atoms with E-state index in [1.807, 2.05) is 36.4 Å². The zero-order chi connectivity index (χ0) is 13.9. The molecule has 0 unspecified atom stereocenters. The van der Waals surface area contributed by atoms with E-state index in [2.05, 4.69) is 10.3 Å². The lowest BCUT2D eigenvalue weighted by Crippen LogP contribution is -2.15. The summed E-state index contributed by atoms with van der Waals surface area (Å²) in [7, 11) is 0. The van der Waals surface area contributed by atoms with Gasteiger partial charge in [0.05, 0.1) is 22.1 Å². The van der Waals surface area contributed by atoms with E-state index in [1.54, 1.807) is 22.9 Å². The molecule has 1 aromatic heterocycles. The fourth-order valence-corrected chi connectivity index (χ4v) is 2.72. The van der Waals surface area contributed by atoms with Crippen molar-refractivity contribution in [3.63, 3.8) is 0 Å². The number of carbonyl (C=O) groups excluding carboxylic acids is 1. The molecule has 2 aromatic carbocycles. The average molecular weight is 283 g/mol. The first-order chi connectivity index (χ1) is 9.72. The number of aromatic nitrogens is 1. The topological polar surface area (TPSA) is 68.0 Å². The molecule has 1 heterocycles. The molecule has 3 N–H and O–H groups in total. The van der Waals surface area contributed by atoms with Crippen molar-refractivity contribution in [3.8, 4) is 0 Å². The number of nitrogen functional groups attached to an aromatic ring is 1. The van der Waals surface area contributed by atoms with E-state index in [0.717, 1.165) is 21.5 Å². The molecule has 20 heavy (non-hydrogen) atoms. The maximum atomic E-state index is 12.0. The van der Waals surface area contributed by atoms with Crippen molar-refractivity contribution >= 4 is 38.8 Å². The molecule has 0 bridgehead atoms. The van der Waals surface area contributed by atoms with E-state index in [1.165, 1.54) is 0 Å². The van der Waals surface area contributed by atoms with Gasteiger partial charge in [0.1, 0.15) is 0 Å². The Morgan fingerprint density at radius 1 is 1.25 bits per heavy atom. The molecule has 0 fully saturated rings. The third-order valence-corrected chi connectivity index (χ3v) is 3.81. The van der Waals surface area contributed by atoms with Gasteiger partial charge in [-0.3, -0.25) is 4.79 Å². The van der Waals surface area contributed by atoms with E-state index < -0.39 is 0 Å². The lowest BCUT2D eigenvalue weighted by Gasteiger charge is -2.07. The number of hydrogen-bond donors (Lipinski definition) is 2. The van der Waals surface area contributed by atoms with Crippen LogP contribution in [0.2, 0.25) is 0 Å². The van der Waals surface area contributed by atoms with Crippen LogP contribution in [-0.2, 0) is 11.2 Å². The van der Waals surface area contributed by atoms with E-state index in [4.69, 9.17) is 5.73 Å². The van der Waals surface area contributed by atoms with Crippen molar-refractivity contribution in [1.82, 2.24) is 4.98 Å². The van der Waals surface area contributed by atoms with Gasteiger partial charge in [-0.2, -0.15) is 0 Å². The SMILES string of the molecule is Nc1ccccc1CC(=O)Nc1ccc2ncsc2c1. The Bertz CT molecular complexity index is 766. The quantitative estimate of drug-likeness (QED) is 0.726. The molecule has 1 amide bonds. The van der Waals surface area contributed by atoms with Gasteiger partial charge in [-0.1, -0.05) is 18.2 Å². The Balaban J connectivity index is 1.74. The molecule has 3 rings (SSSR count). The van der Waals surface area contributed by atoms with Crippen molar-refractivity contribution in [2.75, 3.05) is 11.1 Å². The minimum atomic E-state index is -0.0771. The summed E-state index contributed by atoms with van der Waals surface area (Å²) in [4.78, 5) is 16.2. The zero-order valence-electron chi connectivity index (χ0n) is 10.7. The Morgan fingerprint density at radius 3 is 2.95 bits per heavy atom. The highest BCUT2D eigenvalue weighted by Crippen LogP contribution is 2.22. The second-order valence-corrected chi connectivity index (χ2v) is 5.34. The summed E-state index contributed by atoms with van der Waals surface area (Å²) in [5, 5.41) is 2.88. The highest BCUT2D eigenvalue weighted by atomic mass is 32.1. The van der Waals surface area contributed by atoms with Crippen molar-refractivity contribution in [3.05, 3.63) is 53.5 Å². The number of rotatable bonds is 3. The minimum absolute atomic E-state index is 0.0771. The molecule has 0 aliphatic carbocycles. The van der Waals surface area contributed by atoms with Gasteiger partial charge in [0.25, 0.3) is 0 Å². The molecule has 0 saturated carbocycles. The molecule has 0 atom stereocenters. The van der Waals surface area contributed by atoms with Crippen LogP contribution >= 0.6 is 11.3 Å². The summed E-state index contributed by atoms with van der Waals surface area (Å²) in [5.41, 5.74) is 10.8. The first kappa shape index (κ1) is 12.6. The fourth-order valence-electron chi connectivity index (χ4n) is 2.01. The van der Waals surface area contributed by atoms with Gasteiger partial charge in [0.15, 0.2) is 0 Å². The largest absolute Gasteiger partial charge is 0.398 e. The van der Waals surface area contributed by atoms with Crippen LogP contribution in [0, 0.1) is 0 Å². The molecule has 0 saturated heterocycles. The lowest BCUT2D eigenvalue weighted by atomic mass is 10.1. The van der Waals surface area contributed by atoms with Gasteiger partial charge >= 0.3 is 0 Å². The van der Waals surface area contributed by atoms with Crippen LogP contribution < -0.4 is 11.1 Å². The number of fused-ring (bicyclic) bond motifs is 1. The van der Waals surface area contributed by atoms with Gasteiger partial charge in [0, 0.05) is 11.4 Å². The van der Waals surface area contributed by atoms with E-state index in [9.17, 15) is 4.79 Å². The maximum Gasteiger partial charge on any atom is 0.228 e. The van der Waals surface area contributed by atoms with Crippen LogP contribution in [0.1, 0.15) is 5.56 Å². The Hall–Kier alpha value is -2.40. The second kappa shape index (κ2) is 5.30. The Morgan fingerprint density at radius 2 is 2.10 bits per heavy atom. The number of nitrogens with one attached hydrogen (secondary N) is 1. The molecular formula is C15H13N3OS. The number of benzene rings is 2. The first-order valence-electron chi connectivity index (χ1n) is 6.19. The predicted octanol–water partition coefficient (Wildman–Crippen LogP) is 3.06. The number of thiazole rings is 1. The monoisotopic (exact) mass is 283 g/mol. The fraction of sp³-hybridized carbons (Fsp3) is 0.0667. The predicted molar refractivity (Wildman–Crippen MR) is 82.8 cm³/mol. The van der Waals surface area contributed by atoms with Crippen molar-refractivity contribution in [2.45, 2.75) is 6.42 Å². The number of amides is 1. The number of nitrogens with two attached hydrogens (primary N) is 1. The van der Waals surface area contributed by atoms with Crippen LogP contribution in [0.4, 0.5) is 11.4 Å². The standard InChI is InChI=1S/C15H13N3OS/c16-12-4-2-1-3-10(12)7-15(19)18-11-5-6-13-14(8-11)20-9-17-13/h1-6,8-9H,7,16H2,(H,18,19). The number of hydrogen-bond acceptors (Lipinski definition) is 4. The maximum absolute atomic E-state index is 12.0. The number of anilines is 2. The normalized spacial score (nSPS) is 10.6. The number of nitrogens with zero attached hydrogens (tertiary/aromatic N) is 1. The second-order valence-electron chi connectivity index (χ2n) is 4.46. The first-order valence-corrected chi connectivity index (χ1v) is 7.07. The summed E-state index contributed by atoms with van der Waals surface area (Å²) in [6, 6.07) is 13.1. The van der Waals surface area contributed by atoms with Gasteiger partial charge < -0.3 is 11.1 Å². The molecule has 4 nitrogen and oxygen atoms in total. The van der Waals surface area contributed by atoms with Gasteiger partial charge in [-0.05, 0) is 29.8 Å². The molecule has 0 spiro atoms. The van der Waals surface area contributed by atoms with E-state index >= 15 is 0 Å². The highest BCUT2D eigenvalue weighted by Gasteiger charge is 2.07. The molecule has 0 aliphatic heterocycles. The molecule has 100 valence electrons. The van der Waals surface area contributed by atoms with Crippen LogP contribution in [0.5, 0.6) is 0 Å². The molecule has 0 radical (unpaired) electrons. The smallest absolute Gasteiger partial charge is 0.228 e. The van der Waals surface area contributed by atoms with Crippen LogP contribution in [0.25, 0.3) is 10.2 Å². The van der Waals surface area contributed by atoms with Crippen molar-refractivity contribution in [1.29, 1.82) is 0 Å². The number of para-hydroxylation sites is 1. The van der Waals surface area contributed by atoms with Crippen LogP contribution in [0.15, 0.2) is 48.0 Å². The Labute approximate surface area is 120 Å². The molecule has 5 heteroatoms. The molecular weight excluding hydrogens is 270 g/mol.